The molecule has 38 heavy (non-hydrogen) atoms. The normalized spacial score (nSPS) is 32.8. The highest BCUT2D eigenvalue weighted by atomic mass is 16.1. The van der Waals surface area contributed by atoms with Crippen LogP contribution in [0, 0.1) is 11.8 Å². The van der Waals surface area contributed by atoms with Crippen molar-refractivity contribution in [2.75, 3.05) is 32.7 Å². The minimum absolute atomic E-state index is 0.153. The Hall–Kier alpha value is -2.17. The molecule has 4 heteroatoms. The summed E-state index contributed by atoms with van der Waals surface area (Å²) in [7, 11) is 0. The number of carbonyl (C=O) groups is 1. The summed E-state index contributed by atoms with van der Waals surface area (Å²) in [6, 6.07) is 22.7. The molecule has 3 saturated carbocycles. The zero-order chi connectivity index (χ0) is 26.0. The molecule has 2 heterocycles. The molecule has 3 aliphatic carbocycles. The Morgan fingerprint density at radius 2 is 1.39 bits per heavy atom. The van der Waals surface area contributed by atoms with E-state index in [2.05, 4.69) is 82.7 Å². The molecule has 5 aliphatic rings. The van der Waals surface area contributed by atoms with Crippen molar-refractivity contribution in [3.8, 4) is 0 Å². The van der Waals surface area contributed by atoms with Crippen LogP contribution in [0.3, 0.4) is 0 Å². The Morgan fingerprint density at radius 3 is 1.97 bits per heavy atom. The molecule has 0 radical (unpaired) electrons. The SMILES string of the molecule is CC1CCN(C23C[C@H](c4ccccc4)C([C@@H](c4ccccc4)C2)[C@H](NC(=O)CCN2CCCCC2)C3)CC1. The van der Waals surface area contributed by atoms with Crippen LogP contribution in [-0.2, 0) is 4.79 Å². The molecule has 2 aliphatic heterocycles. The number of hydrogen-bond acceptors (Lipinski definition) is 3. The summed E-state index contributed by atoms with van der Waals surface area (Å²) in [6.07, 6.45) is 10.7. The maximum absolute atomic E-state index is 13.5. The third-order valence-corrected chi connectivity index (χ3v) is 10.6. The first-order valence-corrected chi connectivity index (χ1v) is 15.5. The standard InChI is InChI=1S/C34H47N3O/c1-26-15-21-37(22-16-26)34-23-29(27-11-5-2-6-12-27)33(30(24-34)28-13-7-3-8-14-28)31(25-34)35-32(38)17-20-36-18-9-4-10-19-36/h2-3,5-8,11-14,26,29-31,33H,4,9-10,15-25H2,1H3,(H,35,38)/t29-,30-,31-,33?,34?/m1/s1. The van der Waals surface area contributed by atoms with Gasteiger partial charge in [-0.05, 0) is 106 Å². The van der Waals surface area contributed by atoms with E-state index in [9.17, 15) is 4.79 Å². The summed E-state index contributed by atoms with van der Waals surface area (Å²) in [4.78, 5) is 18.8. The van der Waals surface area contributed by atoms with Crippen molar-refractivity contribution in [3.05, 3.63) is 71.8 Å². The van der Waals surface area contributed by atoms with E-state index in [1.165, 1.54) is 69.2 Å². The van der Waals surface area contributed by atoms with E-state index in [4.69, 9.17) is 0 Å². The van der Waals surface area contributed by atoms with Gasteiger partial charge in [0.15, 0.2) is 0 Å². The fourth-order valence-corrected chi connectivity index (χ4v) is 8.55. The summed E-state index contributed by atoms with van der Waals surface area (Å²) < 4.78 is 0. The minimum atomic E-state index is 0.153. The predicted molar refractivity (Wildman–Crippen MR) is 155 cm³/mol. The largest absolute Gasteiger partial charge is 0.353 e. The lowest BCUT2D eigenvalue weighted by atomic mass is 9.50. The first kappa shape index (κ1) is 26.1. The lowest BCUT2D eigenvalue weighted by Crippen LogP contribution is -2.66. The van der Waals surface area contributed by atoms with E-state index in [1.807, 2.05) is 0 Å². The van der Waals surface area contributed by atoms with Crippen molar-refractivity contribution in [2.24, 2.45) is 11.8 Å². The zero-order valence-corrected chi connectivity index (χ0v) is 23.4. The second-order valence-electron chi connectivity index (χ2n) is 12.9. The van der Waals surface area contributed by atoms with E-state index in [0.29, 0.717) is 24.2 Å². The van der Waals surface area contributed by atoms with Crippen LogP contribution in [0.2, 0.25) is 0 Å². The number of likely N-dealkylation sites (tertiary alicyclic amines) is 2. The van der Waals surface area contributed by atoms with Crippen molar-refractivity contribution in [3.63, 3.8) is 0 Å². The second-order valence-corrected chi connectivity index (χ2v) is 12.9. The van der Waals surface area contributed by atoms with E-state index in [1.54, 1.807) is 0 Å². The van der Waals surface area contributed by atoms with E-state index in [0.717, 1.165) is 32.0 Å². The molecule has 2 aromatic rings. The predicted octanol–water partition coefficient (Wildman–Crippen LogP) is 6.20. The van der Waals surface area contributed by atoms with Crippen LogP contribution in [-0.4, -0.2) is 60.0 Å². The molecule has 3 atom stereocenters. The molecule has 1 amide bonds. The van der Waals surface area contributed by atoms with Crippen LogP contribution in [0.4, 0.5) is 0 Å². The van der Waals surface area contributed by atoms with Gasteiger partial charge in [-0.3, -0.25) is 9.69 Å². The maximum atomic E-state index is 13.5. The van der Waals surface area contributed by atoms with Crippen LogP contribution in [0.5, 0.6) is 0 Å². The Balaban J connectivity index is 1.31. The Kier molecular flexibility index (Phi) is 7.90. The molecule has 204 valence electrons. The number of piperidine rings is 2. The number of amides is 1. The quantitative estimate of drug-likeness (QED) is 0.479. The number of fused-ring (bicyclic) bond motifs is 3. The Labute approximate surface area is 230 Å². The molecule has 0 aromatic heterocycles. The number of carbonyl (C=O) groups excluding carboxylic acids is 1. The molecule has 0 unspecified atom stereocenters. The van der Waals surface area contributed by atoms with Gasteiger partial charge in [0.1, 0.15) is 0 Å². The maximum Gasteiger partial charge on any atom is 0.221 e. The Bertz CT molecular complexity index is 992. The van der Waals surface area contributed by atoms with Crippen LogP contribution in [0.15, 0.2) is 60.7 Å². The van der Waals surface area contributed by atoms with Crippen LogP contribution >= 0.6 is 0 Å². The van der Waals surface area contributed by atoms with Gasteiger partial charge in [-0.15, -0.1) is 0 Å². The lowest BCUT2D eigenvalue weighted by Gasteiger charge is -2.63. The summed E-state index contributed by atoms with van der Waals surface area (Å²) in [5, 5.41) is 3.67. The highest BCUT2D eigenvalue weighted by molar-refractivity contribution is 5.76. The number of nitrogens with one attached hydrogen (secondary N) is 1. The minimum Gasteiger partial charge on any atom is -0.353 e. The summed E-state index contributed by atoms with van der Waals surface area (Å²) in [6.45, 7) is 8.03. The molecular formula is C34H47N3O. The van der Waals surface area contributed by atoms with Gasteiger partial charge in [-0.2, -0.15) is 0 Å². The van der Waals surface area contributed by atoms with Crippen LogP contribution in [0.1, 0.15) is 87.7 Å². The molecule has 7 rings (SSSR count). The topological polar surface area (TPSA) is 35.6 Å². The monoisotopic (exact) mass is 513 g/mol. The van der Waals surface area contributed by atoms with Gasteiger partial charge in [0.05, 0.1) is 0 Å². The summed E-state index contributed by atoms with van der Waals surface area (Å²) in [5.41, 5.74) is 3.07. The van der Waals surface area contributed by atoms with Crippen LogP contribution < -0.4 is 5.32 Å². The average molecular weight is 514 g/mol. The first-order chi connectivity index (χ1) is 18.6. The summed E-state index contributed by atoms with van der Waals surface area (Å²) >= 11 is 0. The fourth-order valence-electron chi connectivity index (χ4n) is 8.55. The molecule has 4 nitrogen and oxygen atoms in total. The van der Waals surface area contributed by atoms with E-state index < -0.39 is 0 Å². The van der Waals surface area contributed by atoms with Gasteiger partial charge in [-0.25, -0.2) is 0 Å². The highest BCUT2D eigenvalue weighted by Gasteiger charge is 2.58. The number of hydrogen-bond donors (Lipinski definition) is 1. The van der Waals surface area contributed by atoms with Gasteiger partial charge in [0.2, 0.25) is 5.91 Å². The van der Waals surface area contributed by atoms with Crippen molar-refractivity contribution < 1.29 is 4.79 Å². The second kappa shape index (κ2) is 11.5. The number of nitrogens with zero attached hydrogens (tertiary/aromatic N) is 2. The fraction of sp³-hybridized carbons (Fsp3) is 0.618. The molecular weight excluding hydrogens is 466 g/mol. The number of benzene rings is 2. The van der Waals surface area contributed by atoms with E-state index >= 15 is 0 Å². The molecule has 2 saturated heterocycles. The molecule has 2 bridgehead atoms. The highest BCUT2D eigenvalue weighted by Crippen LogP contribution is 2.60. The van der Waals surface area contributed by atoms with Gasteiger partial charge < -0.3 is 10.2 Å². The van der Waals surface area contributed by atoms with Gasteiger partial charge in [-0.1, -0.05) is 74.0 Å². The molecule has 2 aromatic carbocycles. The zero-order valence-electron chi connectivity index (χ0n) is 23.4. The lowest BCUT2D eigenvalue weighted by molar-refractivity contribution is -0.126. The average Bonchev–Trinajstić information content (AvgIpc) is 2.98. The molecule has 1 N–H and O–H groups in total. The molecule has 5 fully saturated rings. The van der Waals surface area contributed by atoms with Crippen molar-refractivity contribution >= 4 is 5.91 Å². The molecule has 0 spiro atoms. The third-order valence-electron chi connectivity index (χ3n) is 10.6. The van der Waals surface area contributed by atoms with Crippen molar-refractivity contribution in [1.29, 1.82) is 0 Å². The van der Waals surface area contributed by atoms with Gasteiger partial charge >= 0.3 is 0 Å². The first-order valence-electron chi connectivity index (χ1n) is 15.5. The van der Waals surface area contributed by atoms with Gasteiger partial charge in [0.25, 0.3) is 0 Å². The van der Waals surface area contributed by atoms with E-state index in [-0.39, 0.29) is 17.5 Å². The van der Waals surface area contributed by atoms with Crippen molar-refractivity contribution in [1.82, 2.24) is 15.1 Å². The summed E-state index contributed by atoms with van der Waals surface area (Å²) in [5.74, 6) is 2.45. The number of rotatable bonds is 7. The Morgan fingerprint density at radius 1 is 0.816 bits per heavy atom. The van der Waals surface area contributed by atoms with Crippen LogP contribution in [0.25, 0.3) is 0 Å². The van der Waals surface area contributed by atoms with Gasteiger partial charge in [0, 0.05) is 24.5 Å². The third kappa shape index (κ3) is 5.45. The van der Waals surface area contributed by atoms with Crippen molar-refractivity contribution in [2.45, 2.75) is 88.1 Å². The smallest absolute Gasteiger partial charge is 0.221 e.